The molecule has 0 aliphatic rings. The van der Waals surface area contributed by atoms with Gasteiger partial charge in [-0.25, -0.2) is 13.6 Å². The Labute approximate surface area is 152 Å². The number of halogens is 3. The zero-order valence-electron chi connectivity index (χ0n) is 14.8. The Morgan fingerprint density at radius 3 is 2.44 bits per heavy atom. The fourth-order valence-corrected chi connectivity index (χ4v) is 1.99. The van der Waals surface area contributed by atoms with Crippen LogP contribution < -0.4 is 5.43 Å². The van der Waals surface area contributed by atoms with Crippen LogP contribution in [0.3, 0.4) is 0 Å². The predicted octanol–water partition coefficient (Wildman–Crippen LogP) is 3.14. The minimum absolute atomic E-state index is 0.132. The highest BCUT2D eigenvalue weighted by atomic mass is 19.2. The SMILES string of the molecule is CCCNN=CC(C(=O)OCC)=C(O)c1c(F)c(C)c(F)c(F)c1[N+](=O)[O-]. The highest BCUT2D eigenvalue weighted by Crippen LogP contribution is 2.35. The number of ether oxygens (including phenoxy) is 1. The first-order valence-corrected chi connectivity index (χ1v) is 7.86. The van der Waals surface area contributed by atoms with E-state index in [1.807, 2.05) is 6.92 Å². The molecule has 27 heavy (non-hydrogen) atoms. The van der Waals surface area contributed by atoms with E-state index in [4.69, 9.17) is 4.74 Å². The van der Waals surface area contributed by atoms with Crippen LogP contribution in [0.1, 0.15) is 31.4 Å². The summed E-state index contributed by atoms with van der Waals surface area (Å²) in [4.78, 5) is 21.7. The van der Waals surface area contributed by atoms with Crippen molar-refractivity contribution in [2.45, 2.75) is 27.2 Å². The van der Waals surface area contributed by atoms with Gasteiger partial charge in [-0.2, -0.15) is 9.49 Å². The molecule has 0 aliphatic carbocycles. The van der Waals surface area contributed by atoms with Crippen LogP contribution in [-0.4, -0.2) is 35.4 Å². The lowest BCUT2D eigenvalue weighted by Crippen LogP contribution is -2.16. The molecule has 8 nitrogen and oxygen atoms in total. The monoisotopic (exact) mass is 389 g/mol. The quantitative estimate of drug-likeness (QED) is 0.103. The molecule has 0 spiro atoms. The van der Waals surface area contributed by atoms with Gasteiger partial charge in [0.1, 0.15) is 22.7 Å². The molecule has 0 unspecified atom stereocenters. The third-order valence-electron chi connectivity index (χ3n) is 3.33. The summed E-state index contributed by atoms with van der Waals surface area (Å²) in [5.41, 5.74) is -2.09. The average molecular weight is 389 g/mol. The molecule has 11 heteroatoms. The lowest BCUT2D eigenvalue weighted by molar-refractivity contribution is -0.388. The number of rotatable bonds is 8. The summed E-state index contributed by atoms with van der Waals surface area (Å²) in [6.07, 6.45) is 1.42. The van der Waals surface area contributed by atoms with Crippen molar-refractivity contribution in [1.29, 1.82) is 0 Å². The second kappa shape index (κ2) is 9.55. The Kier molecular flexibility index (Phi) is 7.76. The van der Waals surface area contributed by atoms with E-state index in [0.29, 0.717) is 13.0 Å². The summed E-state index contributed by atoms with van der Waals surface area (Å²) in [5.74, 6) is -7.82. The van der Waals surface area contributed by atoms with Gasteiger partial charge in [-0.1, -0.05) is 6.92 Å². The Hall–Kier alpha value is -3.11. The van der Waals surface area contributed by atoms with Gasteiger partial charge in [-0.15, -0.1) is 0 Å². The topological polar surface area (TPSA) is 114 Å². The molecule has 1 rings (SSSR count). The smallest absolute Gasteiger partial charge is 0.343 e. The number of aliphatic hydroxyl groups excluding tert-OH is 1. The molecule has 0 saturated heterocycles. The van der Waals surface area contributed by atoms with Crippen LogP contribution in [0.5, 0.6) is 0 Å². The number of nitro benzene ring substituents is 1. The van der Waals surface area contributed by atoms with Gasteiger partial charge in [0.25, 0.3) is 0 Å². The highest BCUT2D eigenvalue weighted by molar-refractivity contribution is 6.15. The van der Waals surface area contributed by atoms with Gasteiger partial charge in [0.2, 0.25) is 5.82 Å². The fraction of sp³-hybridized carbons (Fsp3) is 0.375. The van der Waals surface area contributed by atoms with Gasteiger partial charge in [0, 0.05) is 12.1 Å². The molecule has 0 aromatic heterocycles. The number of hydrazone groups is 1. The standard InChI is InChI=1S/C16H18F3N3O5/c1-4-6-20-21-7-9(16(24)27-5-2)15(23)10-11(17)8(3)12(18)13(19)14(10)22(25)26/h7,20,23H,4-6H2,1-3H3. The molecule has 0 atom stereocenters. The molecule has 1 aromatic carbocycles. The van der Waals surface area contributed by atoms with Crippen molar-refractivity contribution in [1.82, 2.24) is 5.43 Å². The molecular weight excluding hydrogens is 371 g/mol. The number of aliphatic hydroxyl groups is 1. The maximum atomic E-state index is 14.4. The van der Waals surface area contributed by atoms with Crippen molar-refractivity contribution < 1.29 is 32.7 Å². The third-order valence-corrected chi connectivity index (χ3v) is 3.33. The van der Waals surface area contributed by atoms with Crippen molar-refractivity contribution in [3.8, 4) is 0 Å². The Balaban J connectivity index is 3.76. The Bertz CT molecular complexity index is 809. The number of nitrogens with zero attached hydrogens (tertiary/aromatic N) is 2. The van der Waals surface area contributed by atoms with Crippen LogP contribution in [0.15, 0.2) is 10.7 Å². The molecule has 0 fully saturated rings. The summed E-state index contributed by atoms with van der Waals surface area (Å²) in [6, 6.07) is 0. The summed E-state index contributed by atoms with van der Waals surface area (Å²) in [6.45, 7) is 4.36. The van der Waals surface area contributed by atoms with E-state index in [9.17, 15) is 33.2 Å². The van der Waals surface area contributed by atoms with E-state index in [0.717, 1.165) is 13.1 Å². The number of carbonyl (C=O) groups excluding carboxylic acids is 1. The number of nitrogens with one attached hydrogen (secondary N) is 1. The first kappa shape index (κ1) is 21.9. The van der Waals surface area contributed by atoms with Gasteiger partial charge >= 0.3 is 11.7 Å². The van der Waals surface area contributed by atoms with E-state index in [-0.39, 0.29) is 6.61 Å². The molecule has 0 bridgehead atoms. The molecule has 1 aromatic rings. The van der Waals surface area contributed by atoms with Gasteiger partial charge in [-0.3, -0.25) is 10.1 Å². The molecule has 0 aliphatic heterocycles. The number of carbonyl (C=O) groups is 1. The van der Waals surface area contributed by atoms with E-state index in [1.165, 1.54) is 6.92 Å². The molecule has 0 heterocycles. The predicted molar refractivity (Wildman–Crippen MR) is 90.7 cm³/mol. The normalized spacial score (nSPS) is 12.1. The molecule has 0 amide bonds. The second-order valence-corrected chi connectivity index (χ2v) is 5.20. The van der Waals surface area contributed by atoms with Crippen molar-refractivity contribution in [3.63, 3.8) is 0 Å². The van der Waals surface area contributed by atoms with Crippen LogP contribution >= 0.6 is 0 Å². The number of nitro groups is 1. The first-order valence-electron chi connectivity index (χ1n) is 7.86. The lowest BCUT2D eigenvalue weighted by atomic mass is 10.0. The molecule has 0 saturated carbocycles. The van der Waals surface area contributed by atoms with Gasteiger partial charge in [0.15, 0.2) is 5.82 Å². The minimum Gasteiger partial charge on any atom is -0.506 e. The van der Waals surface area contributed by atoms with Crippen molar-refractivity contribution in [3.05, 3.63) is 44.3 Å². The molecule has 0 radical (unpaired) electrons. The average Bonchev–Trinajstić information content (AvgIpc) is 2.62. The van der Waals surface area contributed by atoms with Gasteiger partial charge in [-0.05, 0) is 20.3 Å². The Morgan fingerprint density at radius 2 is 1.93 bits per heavy atom. The van der Waals surface area contributed by atoms with Crippen molar-refractivity contribution >= 4 is 23.6 Å². The summed E-state index contributed by atoms with van der Waals surface area (Å²) >= 11 is 0. The zero-order valence-corrected chi connectivity index (χ0v) is 14.8. The zero-order chi connectivity index (χ0) is 20.7. The maximum absolute atomic E-state index is 14.4. The molecule has 2 N–H and O–H groups in total. The van der Waals surface area contributed by atoms with Gasteiger partial charge in [0.05, 0.1) is 17.7 Å². The van der Waals surface area contributed by atoms with Crippen LogP contribution in [0, 0.1) is 34.5 Å². The third kappa shape index (κ3) is 4.74. The number of benzene rings is 1. The van der Waals surface area contributed by atoms with Crippen LogP contribution in [0.4, 0.5) is 18.9 Å². The molecular formula is C16H18F3N3O5. The largest absolute Gasteiger partial charge is 0.506 e. The molecule has 148 valence electrons. The van der Waals surface area contributed by atoms with E-state index in [1.54, 1.807) is 0 Å². The number of hydrogen-bond donors (Lipinski definition) is 2. The van der Waals surface area contributed by atoms with Crippen molar-refractivity contribution in [2.75, 3.05) is 13.2 Å². The van der Waals surface area contributed by atoms with Crippen molar-refractivity contribution in [2.24, 2.45) is 5.10 Å². The van der Waals surface area contributed by atoms with E-state index < -0.39 is 56.5 Å². The summed E-state index contributed by atoms with van der Waals surface area (Å²) in [5, 5.41) is 25.1. The van der Waals surface area contributed by atoms with E-state index in [2.05, 4.69) is 10.5 Å². The highest BCUT2D eigenvalue weighted by Gasteiger charge is 2.35. The maximum Gasteiger partial charge on any atom is 0.343 e. The first-order chi connectivity index (χ1) is 12.7. The summed E-state index contributed by atoms with van der Waals surface area (Å²) in [7, 11) is 0. The number of esters is 1. The van der Waals surface area contributed by atoms with Crippen LogP contribution in [0.25, 0.3) is 5.76 Å². The summed E-state index contributed by atoms with van der Waals surface area (Å²) < 4.78 is 46.8. The van der Waals surface area contributed by atoms with Crippen LogP contribution in [0.2, 0.25) is 0 Å². The van der Waals surface area contributed by atoms with E-state index >= 15 is 0 Å². The second-order valence-electron chi connectivity index (χ2n) is 5.20. The number of hydrogen-bond acceptors (Lipinski definition) is 7. The fourth-order valence-electron chi connectivity index (χ4n) is 1.99. The Morgan fingerprint density at radius 1 is 1.30 bits per heavy atom. The lowest BCUT2D eigenvalue weighted by Gasteiger charge is -2.11. The minimum atomic E-state index is -1.97. The van der Waals surface area contributed by atoms with Gasteiger partial charge < -0.3 is 15.3 Å². The van der Waals surface area contributed by atoms with Crippen LogP contribution in [-0.2, 0) is 9.53 Å².